The Balaban J connectivity index is 2.63. The summed E-state index contributed by atoms with van der Waals surface area (Å²) in [5.74, 6) is -0.166. The smallest absolute Gasteiger partial charge is 0.407 e. The van der Waals surface area contributed by atoms with Gasteiger partial charge < -0.3 is 24.2 Å². The summed E-state index contributed by atoms with van der Waals surface area (Å²) in [5.41, 5.74) is -0.841. The number of carbonyl (C=O) groups is 2. The van der Waals surface area contributed by atoms with Crippen LogP contribution in [-0.2, 0) is 14.3 Å². The van der Waals surface area contributed by atoms with Crippen molar-refractivity contribution in [2.45, 2.75) is 40.0 Å². The largest absolute Gasteiger partial charge is 0.466 e. The first-order valence-corrected chi connectivity index (χ1v) is 9.39. The minimum Gasteiger partial charge on any atom is -0.466 e. The lowest BCUT2D eigenvalue weighted by Gasteiger charge is -2.52. The fourth-order valence-electron chi connectivity index (χ4n) is 4.06. The highest BCUT2D eigenvalue weighted by atomic mass is 16.7. The van der Waals surface area contributed by atoms with Crippen molar-refractivity contribution in [3.63, 3.8) is 0 Å². The van der Waals surface area contributed by atoms with Gasteiger partial charge in [-0.2, -0.15) is 0 Å². The Bertz CT molecular complexity index is 702. The number of carboxylic acid groups (broad SMARTS) is 1. The molecule has 8 heteroatoms. The van der Waals surface area contributed by atoms with Gasteiger partial charge in [0.25, 0.3) is 0 Å². The molecule has 0 spiro atoms. The van der Waals surface area contributed by atoms with E-state index in [1.54, 1.807) is 19.3 Å². The Morgan fingerprint density at radius 1 is 1.39 bits per heavy atom. The molecule has 8 nitrogen and oxygen atoms in total. The van der Waals surface area contributed by atoms with Crippen molar-refractivity contribution < 1.29 is 28.9 Å². The van der Waals surface area contributed by atoms with E-state index in [1.807, 2.05) is 26.8 Å². The Labute approximate surface area is 165 Å². The third-order valence-electron chi connectivity index (χ3n) is 5.50. The molecule has 0 radical (unpaired) electrons. The van der Waals surface area contributed by atoms with Crippen molar-refractivity contribution in [1.29, 1.82) is 0 Å². The van der Waals surface area contributed by atoms with Crippen molar-refractivity contribution in [2.75, 3.05) is 33.6 Å². The molecule has 0 aromatic carbocycles. The summed E-state index contributed by atoms with van der Waals surface area (Å²) >= 11 is 0. The highest BCUT2D eigenvalue weighted by Gasteiger charge is 2.59. The number of pyridine rings is 1. The number of hydrogen-bond acceptors (Lipinski definition) is 6. The summed E-state index contributed by atoms with van der Waals surface area (Å²) in [4.78, 5) is 30.5. The van der Waals surface area contributed by atoms with Gasteiger partial charge >= 0.3 is 12.1 Å². The van der Waals surface area contributed by atoms with E-state index < -0.39 is 22.9 Å². The number of likely N-dealkylation sites (tertiary alicyclic amines) is 1. The Morgan fingerprint density at radius 2 is 2.11 bits per heavy atom. The molecule has 1 aliphatic heterocycles. The monoisotopic (exact) mass is 394 g/mol. The van der Waals surface area contributed by atoms with Crippen molar-refractivity contribution in [1.82, 2.24) is 9.88 Å². The van der Waals surface area contributed by atoms with Crippen LogP contribution in [0, 0.1) is 10.8 Å². The fraction of sp³-hybridized carbons (Fsp3) is 0.650. The van der Waals surface area contributed by atoms with Crippen LogP contribution in [0.1, 0.15) is 45.6 Å². The van der Waals surface area contributed by atoms with Crippen molar-refractivity contribution in [3.05, 3.63) is 24.0 Å². The average Bonchev–Trinajstić information content (AvgIpc) is 2.65. The third-order valence-corrected chi connectivity index (χ3v) is 5.50. The lowest BCUT2D eigenvalue weighted by Crippen LogP contribution is -2.59. The summed E-state index contributed by atoms with van der Waals surface area (Å²) < 4.78 is 16.2. The molecule has 1 saturated heterocycles. The number of carbonyl (C=O) groups excluding carboxylic acids is 1. The van der Waals surface area contributed by atoms with Gasteiger partial charge in [-0.25, -0.2) is 4.79 Å². The molecule has 1 N–H and O–H groups in total. The number of aromatic nitrogens is 1. The quantitative estimate of drug-likeness (QED) is 0.585. The SMILES string of the molecule is CCOC(=O)C1(C(C)(C)C)CN(C(=O)O)CCC1c1ccncc1OCOC. The van der Waals surface area contributed by atoms with Gasteiger partial charge in [0.1, 0.15) is 5.75 Å². The maximum atomic E-state index is 13.3. The van der Waals surface area contributed by atoms with E-state index in [0.717, 1.165) is 5.56 Å². The van der Waals surface area contributed by atoms with Crippen LogP contribution in [0.4, 0.5) is 4.79 Å². The van der Waals surface area contributed by atoms with Gasteiger partial charge in [0.2, 0.25) is 0 Å². The van der Waals surface area contributed by atoms with Crippen LogP contribution in [0.2, 0.25) is 0 Å². The van der Waals surface area contributed by atoms with Crippen molar-refractivity contribution in [2.24, 2.45) is 10.8 Å². The van der Waals surface area contributed by atoms with E-state index >= 15 is 0 Å². The van der Waals surface area contributed by atoms with Crippen LogP contribution >= 0.6 is 0 Å². The van der Waals surface area contributed by atoms with E-state index in [0.29, 0.717) is 18.7 Å². The number of rotatable bonds is 6. The first-order chi connectivity index (χ1) is 13.2. The number of piperidine rings is 1. The zero-order valence-corrected chi connectivity index (χ0v) is 17.2. The van der Waals surface area contributed by atoms with Gasteiger partial charge in [0.15, 0.2) is 6.79 Å². The van der Waals surface area contributed by atoms with Gasteiger partial charge in [-0.3, -0.25) is 9.78 Å². The predicted octanol–water partition coefficient (Wildman–Crippen LogP) is 3.13. The number of amides is 1. The van der Waals surface area contributed by atoms with Gasteiger partial charge in [-0.15, -0.1) is 0 Å². The molecular weight excluding hydrogens is 364 g/mol. The number of esters is 1. The van der Waals surface area contributed by atoms with Gasteiger partial charge in [-0.05, 0) is 24.8 Å². The van der Waals surface area contributed by atoms with Crippen LogP contribution < -0.4 is 4.74 Å². The van der Waals surface area contributed by atoms with Gasteiger partial charge in [0, 0.05) is 37.9 Å². The molecule has 0 bridgehead atoms. The average molecular weight is 394 g/mol. The lowest BCUT2D eigenvalue weighted by atomic mass is 9.55. The summed E-state index contributed by atoms with van der Waals surface area (Å²) in [6.07, 6.45) is 2.67. The second-order valence-electron chi connectivity index (χ2n) is 7.95. The van der Waals surface area contributed by atoms with Crippen LogP contribution in [0.25, 0.3) is 0 Å². The van der Waals surface area contributed by atoms with Crippen LogP contribution in [-0.4, -0.2) is 60.7 Å². The standard InChI is InChI=1S/C20H30N2O6/c1-6-27-17(23)20(19(2,3)4)12-22(18(24)25)10-8-15(20)14-7-9-21-11-16(14)28-13-26-5/h7,9,11,15H,6,8,10,12-13H2,1-5H3,(H,24,25). The van der Waals surface area contributed by atoms with Crippen LogP contribution in [0.5, 0.6) is 5.75 Å². The molecule has 1 fully saturated rings. The number of hydrogen-bond donors (Lipinski definition) is 1. The molecule has 0 aliphatic carbocycles. The van der Waals surface area contributed by atoms with E-state index in [1.165, 1.54) is 12.0 Å². The highest BCUT2D eigenvalue weighted by molar-refractivity contribution is 5.81. The fourth-order valence-corrected chi connectivity index (χ4v) is 4.06. The van der Waals surface area contributed by atoms with E-state index in [2.05, 4.69) is 4.98 Å². The van der Waals surface area contributed by atoms with E-state index in [4.69, 9.17) is 14.2 Å². The topological polar surface area (TPSA) is 98.2 Å². The zero-order chi connectivity index (χ0) is 20.9. The Hall–Kier alpha value is -2.35. The van der Waals surface area contributed by atoms with E-state index in [-0.39, 0.29) is 25.9 Å². The molecule has 28 heavy (non-hydrogen) atoms. The van der Waals surface area contributed by atoms with Crippen molar-refractivity contribution in [3.8, 4) is 5.75 Å². The molecule has 2 heterocycles. The van der Waals surface area contributed by atoms with Crippen LogP contribution in [0.3, 0.4) is 0 Å². The summed E-state index contributed by atoms with van der Waals surface area (Å²) in [7, 11) is 1.53. The molecule has 156 valence electrons. The molecule has 1 aliphatic rings. The van der Waals surface area contributed by atoms with Gasteiger partial charge in [0.05, 0.1) is 18.2 Å². The molecule has 0 saturated carbocycles. The second kappa shape index (κ2) is 8.77. The minimum atomic E-state index is -1.08. The zero-order valence-electron chi connectivity index (χ0n) is 17.2. The maximum absolute atomic E-state index is 13.3. The highest BCUT2D eigenvalue weighted by Crippen LogP contribution is 2.55. The summed E-state index contributed by atoms with van der Waals surface area (Å²) in [6, 6.07) is 1.83. The predicted molar refractivity (Wildman–Crippen MR) is 102 cm³/mol. The van der Waals surface area contributed by atoms with E-state index in [9.17, 15) is 14.7 Å². The Morgan fingerprint density at radius 3 is 2.68 bits per heavy atom. The number of nitrogens with zero attached hydrogens (tertiary/aromatic N) is 2. The summed E-state index contributed by atoms with van der Waals surface area (Å²) in [5, 5.41) is 9.60. The minimum absolute atomic E-state index is 0.0502. The van der Waals surface area contributed by atoms with Gasteiger partial charge in [-0.1, -0.05) is 20.8 Å². The molecular formula is C20H30N2O6. The molecule has 2 atom stereocenters. The first-order valence-electron chi connectivity index (χ1n) is 9.39. The maximum Gasteiger partial charge on any atom is 0.407 e. The molecule has 1 amide bonds. The van der Waals surface area contributed by atoms with Crippen LogP contribution in [0.15, 0.2) is 18.5 Å². The second-order valence-corrected chi connectivity index (χ2v) is 7.95. The normalized spacial score (nSPS) is 22.6. The molecule has 1 aromatic heterocycles. The van der Waals surface area contributed by atoms with Crippen molar-refractivity contribution >= 4 is 12.1 Å². The lowest BCUT2D eigenvalue weighted by molar-refractivity contribution is -0.170. The molecule has 2 rings (SSSR count). The molecule has 2 unspecified atom stereocenters. The molecule has 1 aromatic rings. The number of methoxy groups -OCH3 is 1. The first kappa shape index (κ1) is 21.9. The third kappa shape index (κ3) is 4.06. The Kier molecular flexibility index (Phi) is 6.87. The summed E-state index contributed by atoms with van der Waals surface area (Å²) in [6.45, 7) is 8.23. The number of ether oxygens (including phenoxy) is 3.